The lowest BCUT2D eigenvalue weighted by Crippen LogP contribution is -2.44. The van der Waals surface area contributed by atoms with Crippen molar-refractivity contribution in [2.24, 2.45) is 5.92 Å². The van der Waals surface area contributed by atoms with Crippen molar-refractivity contribution >= 4 is 17.5 Å². The second-order valence-electron chi connectivity index (χ2n) is 6.79. The van der Waals surface area contributed by atoms with Gasteiger partial charge in [0.15, 0.2) is 0 Å². The van der Waals surface area contributed by atoms with Gasteiger partial charge in [0, 0.05) is 30.7 Å². The highest BCUT2D eigenvalue weighted by atomic mass is 35.5. The van der Waals surface area contributed by atoms with Gasteiger partial charge in [0.2, 0.25) is 5.91 Å². The molecule has 1 aliphatic heterocycles. The molecule has 26 heavy (non-hydrogen) atoms. The molecule has 4 heteroatoms. The monoisotopic (exact) mass is 368 g/mol. The number of nitrogens with one attached hydrogen (secondary N) is 1. The molecule has 0 bridgehead atoms. The normalized spacial score (nSPS) is 20.5. The highest BCUT2D eigenvalue weighted by Crippen LogP contribution is 2.34. The van der Waals surface area contributed by atoms with Crippen LogP contribution in [-0.4, -0.2) is 23.9 Å². The Balaban J connectivity index is 1.79. The third-order valence-electron chi connectivity index (χ3n) is 4.93. The van der Waals surface area contributed by atoms with Crippen LogP contribution >= 0.6 is 11.6 Å². The van der Waals surface area contributed by atoms with Gasteiger partial charge in [-0.25, -0.2) is 0 Å². The first-order chi connectivity index (χ1) is 12.7. The third kappa shape index (κ3) is 4.75. The van der Waals surface area contributed by atoms with Gasteiger partial charge in [-0.3, -0.25) is 9.69 Å². The van der Waals surface area contributed by atoms with Crippen molar-refractivity contribution in [2.75, 3.05) is 13.1 Å². The lowest BCUT2D eigenvalue weighted by molar-refractivity contribution is -0.127. The van der Waals surface area contributed by atoms with E-state index >= 15 is 0 Å². The Hall–Kier alpha value is -2.10. The van der Waals surface area contributed by atoms with Gasteiger partial charge >= 0.3 is 0 Å². The molecule has 2 aromatic carbocycles. The van der Waals surface area contributed by atoms with Crippen molar-refractivity contribution in [1.82, 2.24) is 10.2 Å². The second-order valence-corrected chi connectivity index (χ2v) is 7.23. The number of hydrogen-bond acceptors (Lipinski definition) is 2. The van der Waals surface area contributed by atoms with E-state index in [4.69, 9.17) is 11.6 Å². The first-order valence-corrected chi connectivity index (χ1v) is 9.47. The van der Waals surface area contributed by atoms with Crippen molar-refractivity contribution in [2.45, 2.75) is 25.4 Å². The highest BCUT2D eigenvalue weighted by molar-refractivity contribution is 6.30. The van der Waals surface area contributed by atoms with Crippen molar-refractivity contribution in [3.8, 4) is 0 Å². The molecule has 2 atom stereocenters. The van der Waals surface area contributed by atoms with Crippen LogP contribution in [0.3, 0.4) is 0 Å². The molecule has 0 spiro atoms. The second kappa shape index (κ2) is 9.02. The van der Waals surface area contributed by atoms with Crippen LogP contribution in [0.15, 0.2) is 67.3 Å². The van der Waals surface area contributed by atoms with Crippen LogP contribution in [-0.2, 0) is 11.3 Å². The largest absolute Gasteiger partial charge is 0.352 e. The number of benzene rings is 2. The molecule has 0 aromatic heterocycles. The number of nitrogens with zero attached hydrogens (tertiary/aromatic N) is 1. The predicted molar refractivity (Wildman–Crippen MR) is 107 cm³/mol. The topological polar surface area (TPSA) is 32.3 Å². The van der Waals surface area contributed by atoms with Crippen molar-refractivity contribution in [3.05, 3.63) is 83.4 Å². The molecule has 3 rings (SSSR count). The van der Waals surface area contributed by atoms with E-state index in [2.05, 4.69) is 47.1 Å². The molecule has 3 nitrogen and oxygen atoms in total. The maximum atomic E-state index is 12.4. The van der Waals surface area contributed by atoms with E-state index in [9.17, 15) is 4.79 Å². The van der Waals surface area contributed by atoms with Gasteiger partial charge in [-0.1, -0.05) is 60.1 Å². The fraction of sp³-hybridized carbons (Fsp3) is 0.318. The fourth-order valence-electron chi connectivity index (χ4n) is 3.67. The lowest BCUT2D eigenvalue weighted by atomic mass is 9.88. The summed E-state index contributed by atoms with van der Waals surface area (Å²) >= 11 is 6.16. The zero-order chi connectivity index (χ0) is 18.4. The number of carbonyl (C=O) groups excluding carboxylic acids is 1. The molecule has 2 aromatic rings. The summed E-state index contributed by atoms with van der Waals surface area (Å²) in [4.78, 5) is 14.9. The van der Waals surface area contributed by atoms with Crippen LogP contribution < -0.4 is 5.32 Å². The summed E-state index contributed by atoms with van der Waals surface area (Å²) in [6.07, 6.45) is 3.59. The number of likely N-dealkylation sites (tertiary alicyclic amines) is 1. The van der Waals surface area contributed by atoms with E-state index in [-0.39, 0.29) is 11.8 Å². The molecule has 0 radical (unpaired) electrons. The summed E-state index contributed by atoms with van der Waals surface area (Å²) < 4.78 is 0. The summed E-state index contributed by atoms with van der Waals surface area (Å²) in [5.74, 6) is 0.126. The Labute approximate surface area is 160 Å². The Morgan fingerprint density at radius 1 is 1.19 bits per heavy atom. The Bertz CT molecular complexity index is 747. The zero-order valence-electron chi connectivity index (χ0n) is 14.9. The SMILES string of the molecule is C=CCNC(=O)[C@H]1CC[C@H](c2ccccc2)N(Cc2cccc(Cl)c2)C1. The Morgan fingerprint density at radius 3 is 2.73 bits per heavy atom. The Morgan fingerprint density at radius 2 is 2.00 bits per heavy atom. The lowest BCUT2D eigenvalue weighted by Gasteiger charge is -2.39. The number of hydrogen-bond donors (Lipinski definition) is 1. The van der Waals surface area contributed by atoms with E-state index in [0.29, 0.717) is 12.6 Å². The maximum absolute atomic E-state index is 12.4. The molecule has 0 unspecified atom stereocenters. The van der Waals surface area contributed by atoms with E-state index in [1.165, 1.54) is 11.1 Å². The molecular weight excluding hydrogens is 344 g/mol. The smallest absolute Gasteiger partial charge is 0.224 e. The van der Waals surface area contributed by atoms with Gasteiger partial charge in [-0.05, 0) is 36.1 Å². The highest BCUT2D eigenvalue weighted by Gasteiger charge is 2.32. The van der Waals surface area contributed by atoms with E-state index < -0.39 is 0 Å². The minimum Gasteiger partial charge on any atom is -0.352 e. The molecule has 0 aliphatic carbocycles. The molecule has 1 amide bonds. The zero-order valence-corrected chi connectivity index (χ0v) is 15.7. The molecule has 136 valence electrons. The van der Waals surface area contributed by atoms with Gasteiger partial charge in [-0.15, -0.1) is 6.58 Å². The number of halogens is 1. The molecule has 0 saturated carbocycles. The van der Waals surface area contributed by atoms with Crippen molar-refractivity contribution in [3.63, 3.8) is 0 Å². The molecule has 1 fully saturated rings. The van der Waals surface area contributed by atoms with Gasteiger partial charge in [-0.2, -0.15) is 0 Å². The number of amides is 1. The molecule has 1 aliphatic rings. The maximum Gasteiger partial charge on any atom is 0.224 e. The average molecular weight is 369 g/mol. The number of carbonyl (C=O) groups is 1. The summed E-state index contributed by atoms with van der Waals surface area (Å²) in [7, 11) is 0. The van der Waals surface area contributed by atoms with Crippen LogP contribution in [0.4, 0.5) is 0 Å². The van der Waals surface area contributed by atoms with Crippen LogP contribution in [0.5, 0.6) is 0 Å². The van der Waals surface area contributed by atoms with E-state index in [1.54, 1.807) is 6.08 Å². The van der Waals surface area contributed by atoms with Crippen LogP contribution in [0.1, 0.15) is 30.0 Å². The standard InChI is InChI=1S/C22H25ClN2O/c1-2-13-24-22(26)19-11-12-21(18-8-4-3-5-9-18)25(16-19)15-17-7-6-10-20(23)14-17/h2-10,14,19,21H,1,11-13,15-16H2,(H,24,26)/t19-,21+/m0/s1. The van der Waals surface area contributed by atoms with Gasteiger partial charge in [0.05, 0.1) is 5.92 Å². The van der Waals surface area contributed by atoms with Crippen molar-refractivity contribution < 1.29 is 4.79 Å². The minimum atomic E-state index is 0.00842. The Kier molecular flexibility index (Phi) is 6.48. The summed E-state index contributed by atoms with van der Waals surface area (Å²) in [6.45, 7) is 5.72. The summed E-state index contributed by atoms with van der Waals surface area (Å²) in [5, 5.41) is 3.69. The van der Waals surface area contributed by atoms with Gasteiger partial charge < -0.3 is 5.32 Å². The third-order valence-corrected chi connectivity index (χ3v) is 5.17. The molecule has 1 heterocycles. The summed E-state index contributed by atoms with van der Waals surface area (Å²) in [5.41, 5.74) is 2.48. The van der Waals surface area contributed by atoms with Crippen molar-refractivity contribution in [1.29, 1.82) is 0 Å². The molecular formula is C22H25ClN2O. The van der Waals surface area contributed by atoms with E-state index in [0.717, 1.165) is 31.0 Å². The fourth-order valence-corrected chi connectivity index (χ4v) is 3.88. The van der Waals surface area contributed by atoms with Crippen LogP contribution in [0.2, 0.25) is 5.02 Å². The molecule has 1 N–H and O–H groups in total. The van der Waals surface area contributed by atoms with Gasteiger partial charge in [0.25, 0.3) is 0 Å². The summed E-state index contributed by atoms with van der Waals surface area (Å²) in [6, 6.07) is 18.8. The molecule has 1 saturated heterocycles. The average Bonchev–Trinajstić information content (AvgIpc) is 2.67. The first kappa shape index (κ1) is 18.7. The van der Waals surface area contributed by atoms with E-state index in [1.807, 2.05) is 24.3 Å². The first-order valence-electron chi connectivity index (χ1n) is 9.09. The number of piperidine rings is 1. The predicted octanol–water partition coefficient (Wildman–Crippen LogP) is 4.60. The van der Waals surface area contributed by atoms with Crippen LogP contribution in [0, 0.1) is 5.92 Å². The number of rotatable bonds is 6. The minimum absolute atomic E-state index is 0.00842. The quantitative estimate of drug-likeness (QED) is 0.756. The van der Waals surface area contributed by atoms with Crippen LogP contribution in [0.25, 0.3) is 0 Å². The van der Waals surface area contributed by atoms with Gasteiger partial charge in [0.1, 0.15) is 0 Å².